The number of hydrogen-bond donors (Lipinski definition) is 0. The fraction of sp³-hybridized carbons (Fsp3) is 0.316. The van der Waals surface area contributed by atoms with E-state index in [9.17, 15) is 23.3 Å². The molecule has 9 nitrogen and oxygen atoms in total. The summed E-state index contributed by atoms with van der Waals surface area (Å²) in [7, 11) is -2.19. The van der Waals surface area contributed by atoms with Crippen LogP contribution >= 0.6 is 11.6 Å². The van der Waals surface area contributed by atoms with E-state index in [-0.39, 0.29) is 47.5 Å². The highest BCUT2D eigenvalue weighted by molar-refractivity contribution is 7.87. The zero-order valence-electron chi connectivity index (χ0n) is 16.4. The van der Waals surface area contributed by atoms with Gasteiger partial charge in [-0.25, -0.2) is 0 Å². The van der Waals surface area contributed by atoms with Gasteiger partial charge in [-0.05, 0) is 30.7 Å². The molecule has 30 heavy (non-hydrogen) atoms. The lowest BCUT2D eigenvalue weighted by molar-refractivity contribution is -0.384. The highest BCUT2D eigenvalue weighted by atomic mass is 35.5. The van der Waals surface area contributed by atoms with Crippen LogP contribution in [0.1, 0.15) is 22.8 Å². The van der Waals surface area contributed by atoms with E-state index in [0.29, 0.717) is 5.56 Å². The molecule has 0 unspecified atom stereocenters. The summed E-state index contributed by atoms with van der Waals surface area (Å²) in [6.45, 7) is 2.06. The third kappa shape index (κ3) is 6.41. The van der Waals surface area contributed by atoms with E-state index in [4.69, 9.17) is 20.5 Å². The van der Waals surface area contributed by atoms with Gasteiger partial charge in [-0.1, -0.05) is 23.7 Å². The molecule has 0 fully saturated rings. The van der Waals surface area contributed by atoms with Gasteiger partial charge in [-0.2, -0.15) is 8.42 Å². The number of non-ortho nitro benzene ring substituents is 1. The molecule has 0 atom stereocenters. The molecule has 0 saturated heterocycles. The molecule has 0 N–H and O–H groups in total. The molecule has 0 radical (unpaired) electrons. The van der Waals surface area contributed by atoms with E-state index in [0.717, 1.165) is 6.07 Å². The standard InChI is InChI=1S/C19H21ClN2O7S/c1-3-30(26,27)29-16-6-4-5-14(11-16)13-21(9-10-28-2)19(23)17-8-7-15(22(24)25)12-18(17)20/h4-8,11-12H,3,9-10,13H2,1-2H3. The molecule has 162 valence electrons. The van der Waals surface area contributed by atoms with Crippen LogP contribution < -0.4 is 4.18 Å². The summed E-state index contributed by atoms with van der Waals surface area (Å²) in [4.78, 5) is 24.7. The van der Waals surface area contributed by atoms with E-state index in [1.54, 1.807) is 12.1 Å². The van der Waals surface area contributed by atoms with Crippen molar-refractivity contribution in [2.45, 2.75) is 13.5 Å². The lowest BCUT2D eigenvalue weighted by Gasteiger charge is -2.23. The molecule has 0 aliphatic rings. The molecule has 0 aliphatic carbocycles. The number of ether oxygens (including phenoxy) is 1. The number of carbonyl (C=O) groups is 1. The molecule has 0 heterocycles. The van der Waals surface area contributed by atoms with E-state index in [1.165, 1.54) is 43.2 Å². The number of nitro groups is 1. The molecule has 0 spiro atoms. The van der Waals surface area contributed by atoms with Gasteiger partial charge in [0.25, 0.3) is 11.6 Å². The maximum atomic E-state index is 13.0. The topological polar surface area (TPSA) is 116 Å². The lowest BCUT2D eigenvalue weighted by Crippen LogP contribution is -2.33. The first-order chi connectivity index (χ1) is 14.2. The fourth-order valence-corrected chi connectivity index (χ4v) is 3.31. The van der Waals surface area contributed by atoms with Crippen LogP contribution in [-0.2, 0) is 21.4 Å². The summed E-state index contributed by atoms with van der Waals surface area (Å²) in [6, 6.07) is 9.99. The highest BCUT2D eigenvalue weighted by Gasteiger charge is 2.21. The van der Waals surface area contributed by atoms with Crippen molar-refractivity contribution in [1.29, 1.82) is 0 Å². The van der Waals surface area contributed by atoms with E-state index in [1.807, 2.05) is 0 Å². The number of halogens is 1. The first-order valence-electron chi connectivity index (χ1n) is 8.90. The number of benzene rings is 2. The van der Waals surface area contributed by atoms with Gasteiger partial charge in [0.05, 0.1) is 27.9 Å². The predicted octanol–water partition coefficient (Wildman–Crippen LogP) is 3.27. The second-order valence-electron chi connectivity index (χ2n) is 6.22. The van der Waals surface area contributed by atoms with Crippen LogP contribution in [-0.4, -0.2) is 50.2 Å². The number of hydrogen-bond acceptors (Lipinski definition) is 7. The van der Waals surface area contributed by atoms with Crippen LogP contribution in [0.25, 0.3) is 0 Å². The summed E-state index contributed by atoms with van der Waals surface area (Å²) >= 11 is 6.09. The first kappa shape index (κ1) is 23.6. The third-order valence-corrected chi connectivity index (χ3v) is 5.56. The maximum Gasteiger partial charge on any atom is 0.308 e. The Hall–Kier alpha value is -2.69. The average molecular weight is 457 g/mol. The van der Waals surface area contributed by atoms with Gasteiger partial charge in [0.1, 0.15) is 5.75 Å². The van der Waals surface area contributed by atoms with Crippen LogP contribution in [0.2, 0.25) is 5.02 Å². The molecule has 2 rings (SSSR count). The van der Waals surface area contributed by atoms with E-state index >= 15 is 0 Å². The van der Waals surface area contributed by atoms with Gasteiger partial charge in [0.15, 0.2) is 0 Å². The van der Waals surface area contributed by atoms with Crippen LogP contribution in [0.15, 0.2) is 42.5 Å². The molecule has 0 bridgehead atoms. The van der Waals surface area contributed by atoms with E-state index < -0.39 is 20.9 Å². The van der Waals surface area contributed by atoms with Crippen molar-refractivity contribution in [2.75, 3.05) is 26.0 Å². The molecule has 1 amide bonds. The zero-order chi connectivity index (χ0) is 22.3. The van der Waals surface area contributed by atoms with Crippen molar-refractivity contribution >= 4 is 33.3 Å². The molecular weight excluding hydrogens is 436 g/mol. The number of nitrogens with zero attached hydrogens (tertiary/aromatic N) is 2. The molecule has 0 aliphatic heterocycles. The Morgan fingerprint density at radius 1 is 1.23 bits per heavy atom. The van der Waals surface area contributed by atoms with Gasteiger partial charge in [0.2, 0.25) is 0 Å². The summed E-state index contributed by atoms with van der Waals surface area (Å²) < 4.78 is 33.4. The average Bonchev–Trinajstić information content (AvgIpc) is 2.70. The quantitative estimate of drug-likeness (QED) is 0.306. The second-order valence-corrected chi connectivity index (χ2v) is 8.48. The summed E-state index contributed by atoms with van der Waals surface area (Å²) in [5.41, 5.74) is 0.516. The molecule has 0 saturated carbocycles. The number of methoxy groups -OCH3 is 1. The van der Waals surface area contributed by atoms with Crippen molar-refractivity contribution < 1.29 is 27.1 Å². The van der Waals surface area contributed by atoms with Crippen molar-refractivity contribution in [3.63, 3.8) is 0 Å². The predicted molar refractivity (Wildman–Crippen MR) is 111 cm³/mol. The fourth-order valence-electron chi connectivity index (χ4n) is 2.54. The Morgan fingerprint density at radius 2 is 1.97 bits per heavy atom. The number of rotatable bonds is 10. The SMILES string of the molecule is CCS(=O)(=O)Oc1cccc(CN(CCOC)C(=O)c2ccc([N+](=O)[O-])cc2Cl)c1. The largest absolute Gasteiger partial charge is 0.383 e. The van der Waals surface area contributed by atoms with Gasteiger partial charge < -0.3 is 13.8 Å². The Labute approximate surface area is 179 Å². The van der Waals surface area contributed by atoms with Gasteiger partial charge in [-0.15, -0.1) is 0 Å². The number of nitro benzene ring substituents is 1. The highest BCUT2D eigenvalue weighted by Crippen LogP contribution is 2.25. The minimum Gasteiger partial charge on any atom is -0.383 e. The van der Waals surface area contributed by atoms with Crippen molar-refractivity contribution in [3.05, 3.63) is 68.7 Å². The van der Waals surface area contributed by atoms with Gasteiger partial charge in [0, 0.05) is 32.3 Å². The summed E-state index contributed by atoms with van der Waals surface area (Å²) in [5, 5.41) is 10.8. The van der Waals surface area contributed by atoms with Gasteiger partial charge in [-0.3, -0.25) is 14.9 Å². The molecule has 2 aromatic rings. The monoisotopic (exact) mass is 456 g/mol. The maximum absolute atomic E-state index is 13.0. The number of carbonyl (C=O) groups excluding carboxylic acids is 1. The smallest absolute Gasteiger partial charge is 0.308 e. The Morgan fingerprint density at radius 3 is 2.57 bits per heavy atom. The van der Waals surface area contributed by atoms with Crippen molar-refractivity contribution in [1.82, 2.24) is 4.90 Å². The normalized spacial score (nSPS) is 11.2. The van der Waals surface area contributed by atoms with Crippen LogP contribution in [0, 0.1) is 10.1 Å². The van der Waals surface area contributed by atoms with Crippen LogP contribution in [0.5, 0.6) is 5.75 Å². The lowest BCUT2D eigenvalue weighted by atomic mass is 10.1. The summed E-state index contributed by atoms with van der Waals surface area (Å²) in [5.74, 6) is -0.477. The molecule has 0 aromatic heterocycles. The van der Waals surface area contributed by atoms with Crippen molar-refractivity contribution in [3.8, 4) is 5.75 Å². The molecular formula is C19H21ClN2O7S. The Balaban J connectivity index is 2.28. The van der Waals surface area contributed by atoms with Crippen molar-refractivity contribution in [2.24, 2.45) is 0 Å². The minimum atomic E-state index is -3.68. The minimum absolute atomic E-state index is 0.0391. The second kappa shape index (κ2) is 10.4. The van der Waals surface area contributed by atoms with Crippen LogP contribution in [0.3, 0.4) is 0 Å². The molecule has 11 heteroatoms. The Kier molecular flexibility index (Phi) is 8.16. The zero-order valence-corrected chi connectivity index (χ0v) is 18.0. The van der Waals surface area contributed by atoms with Gasteiger partial charge >= 0.3 is 10.1 Å². The molecule has 2 aromatic carbocycles. The van der Waals surface area contributed by atoms with E-state index in [2.05, 4.69) is 0 Å². The van der Waals surface area contributed by atoms with Crippen LogP contribution in [0.4, 0.5) is 5.69 Å². The first-order valence-corrected chi connectivity index (χ1v) is 10.9. The number of amides is 1. The third-order valence-electron chi connectivity index (χ3n) is 4.10. The summed E-state index contributed by atoms with van der Waals surface area (Å²) in [6.07, 6.45) is 0. The Bertz CT molecular complexity index is 1030.